The summed E-state index contributed by atoms with van der Waals surface area (Å²) in [5.74, 6) is -1.32. The van der Waals surface area contributed by atoms with E-state index in [4.69, 9.17) is 4.55 Å². The van der Waals surface area contributed by atoms with Crippen LogP contribution in [-0.4, -0.2) is 40.2 Å². The van der Waals surface area contributed by atoms with E-state index in [0.717, 1.165) is 0 Å². The van der Waals surface area contributed by atoms with Gasteiger partial charge in [-0.3, -0.25) is 4.55 Å². The van der Waals surface area contributed by atoms with E-state index in [9.17, 15) is 8.60 Å². The first-order chi connectivity index (χ1) is 15.0. The van der Waals surface area contributed by atoms with Gasteiger partial charge in [-0.1, -0.05) is 6.07 Å². The predicted molar refractivity (Wildman–Crippen MR) is 112 cm³/mol. The maximum Gasteiger partial charge on any atom is 0.231 e. The Balaban J connectivity index is 1.65. The van der Waals surface area contributed by atoms with Crippen LogP contribution in [0.25, 0.3) is 22.4 Å². The van der Waals surface area contributed by atoms with Gasteiger partial charge in [0.1, 0.15) is 34.9 Å². The number of halogens is 2. The molecule has 3 aromatic heterocycles. The summed E-state index contributed by atoms with van der Waals surface area (Å²) in [7, 11) is 0. The number of H-pyrrole nitrogens is 1. The smallest absolute Gasteiger partial charge is 0.231 e. The van der Waals surface area contributed by atoms with Crippen molar-refractivity contribution in [2.45, 2.75) is 12.8 Å². The topological polar surface area (TPSA) is 129 Å². The Labute approximate surface area is 177 Å². The molecule has 0 aliphatic carbocycles. The Kier molecular flexibility index (Phi) is 6.21. The Morgan fingerprint density at radius 2 is 2.00 bits per heavy atom. The molecule has 0 amide bonds. The average molecular weight is 445 g/mol. The lowest BCUT2D eigenvalue weighted by Crippen LogP contribution is -2.18. The molecule has 0 bridgehead atoms. The molecular weight excluding hydrogens is 428 g/mol. The number of anilines is 2. The Morgan fingerprint density at radius 3 is 2.84 bits per heavy atom. The van der Waals surface area contributed by atoms with Gasteiger partial charge in [-0.2, -0.15) is 0 Å². The molecule has 0 spiro atoms. The molecule has 31 heavy (non-hydrogen) atoms. The molecule has 1 atom stereocenters. The van der Waals surface area contributed by atoms with Gasteiger partial charge in [0, 0.05) is 18.3 Å². The molecule has 9 nitrogen and oxygen atoms in total. The monoisotopic (exact) mass is 445 g/mol. The number of nitrogens with zero attached hydrogens (tertiary/aromatic N) is 4. The van der Waals surface area contributed by atoms with E-state index < -0.39 is 22.9 Å². The molecule has 0 aliphatic heterocycles. The maximum absolute atomic E-state index is 15.0. The number of rotatable bonds is 8. The first-order valence-corrected chi connectivity index (χ1v) is 10.3. The van der Waals surface area contributed by atoms with Gasteiger partial charge in [0.15, 0.2) is 11.5 Å². The standard InChI is InChI=1S/C19H17F2N7O2S/c20-13-6-5-11(3-1-8-27-31(29)30)14(21)16(13)28-18-12(4-2-7-22-18)15-17-19(25-9-23-15)26-10-24-17/h2,4-7,9-10,27H,1,3,8H2,(H,22,28)(H,29,30)(H,23,24,25,26). The minimum atomic E-state index is -2.13. The number of fused-ring (bicyclic) bond motifs is 1. The van der Waals surface area contributed by atoms with Gasteiger partial charge in [0.2, 0.25) is 11.3 Å². The summed E-state index contributed by atoms with van der Waals surface area (Å²) in [6, 6.07) is 5.92. The van der Waals surface area contributed by atoms with Crippen LogP contribution in [0.1, 0.15) is 12.0 Å². The summed E-state index contributed by atoms with van der Waals surface area (Å²) in [6.45, 7) is 0.209. The molecule has 12 heteroatoms. The first-order valence-electron chi connectivity index (χ1n) is 9.22. The molecule has 0 fully saturated rings. The lowest BCUT2D eigenvalue weighted by Gasteiger charge is -2.14. The van der Waals surface area contributed by atoms with Gasteiger partial charge in [0.05, 0.1) is 6.33 Å². The van der Waals surface area contributed by atoms with Crippen LogP contribution in [0.4, 0.5) is 20.3 Å². The highest BCUT2D eigenvalue weighted by Crippen LogP contribution is 2.32. The Morgan fingerprint density at radius 1 is 1.13 bits per heavy atom. The highest BCUT2D eigenvalue weighted by molar-refractivity contribution is 7.77. The number of pyridine rings is 1. The first kappa shape index (κ1) is 20.9. The van der Waals surface area contributed by atoms with Crippen molar-refractivity contribution in [2.75, 3.05) is 11.9 Å². The van der Waals surface area contributed by atoms with Crippen molar-refractivity contribution in [3.05, 3.63) is 60.3 Å². The van der Waals surface area contributed by atoms with E-state index in [1.54, 1.807) is 12.1 Å². The molecule has 4 N–H and O–H groups in total. The van der Waals surface area contributed by atoms with E-state index in [1.807, 2.05) is 0 Å². The van der Waals surface area contributed by atoms with Crippen LogP contribution in [0.3, 0.4) is 0 Å². The zero-order chi connectivity index (χ0) is 21.8. The number of aromatic nitrogens is 5. The zero-order valence-electron chi connectivity index (χ0n) is 16.0. The molecule has 0 saturated carbocycles. The summed E-state index contributed by atoms with van der Waals surface area (Å²) in [5, 5.41) is 2.75. The second kappa shape index (κ2) is 9.20. The van der Waals surface area contributed by atoms with Crippen LogP contribution in [-0.2, 0) is 17.7 Å². The highest BCUT2D eigenvalue weighted by Gasteiger charge is 2.18. The van der Waals surface area contributed by atoms with E-state index in [1.165, 1.54) is 31.0 Å². The summed E-state index contributed by atoms with van der Waals surface area (Å²) in [6.07, 6.45) is 4.97. The summed E-state index contributed by atoms with van der Waals surface area (Å²) in [4.78, 5) is 19.6. The van der Waals surface area contributed by atoms with Gasteiger partial charge >= 0.3 is 0 Å². The molecule has 4 rings (SSSR count). The van der Waals surface area contributed by atoms with E-state index in [2.05, 4.69) is 35.0 Å². The largest absolute Gasteiger partial charge is 0.341 e. The second-order valence-electron chi connectivity index (χ2n) is 6.49. The summed E-state index contributed by atoms with van der Waals surface area (Å²) < 4.78 is 51.2. The lowest BCUT2D eigenvalue weighted by atomic mass is 10.1. The van der Waals surface area contributed by atoms with Crippen LogP contribution < -0.4 is 10.0 Å². The van der Waals surface area contributed by atoms with Crippen molar-refractivity contribution in [1.82, 2.24) is 29.6 Å². The molecule has 0 radical (unpaired) electrons. The number of benzene rings is 1. The number of hydrogen-bond acceptors (Lipinski definition) is 6. The molecule has 160 valence electrons. The third-order valence-corrected chi connectivity index (χ3v) is 5.00. The van der Waals surface area contributed by atoms with Crippen molar-refractivity contribution in [3.8, 4) is 11.3 Å². The van der Waals surface area contributed by atoms with Crippen molar-refractivity contribution < 1.29 is 17.5 Å². The van der Waals surface area contributed by atoms with Crippen LogP contribution >= 0.6 is 0 Å². The molecule has 0 aliphatic rings. The second-order valence-corrected chi connectivity index (χ2v) is 7.28. The van der Waals surface area contributed by atoms with Gasteiger partial charge in [0.25, 0.3) is 0 Å². The van der Waals surface area contributed by atoms with Crippen LogP contribution in [0.15, 0.2) is 43.1 Å². The fraction of sp³-hybridized carbons (Fsp3) is 0.158. The van der Waals surface area contributed by atoms with Gasteiger partial charge in [-0.15, -0.1) is 0 Å². The van der Waals surface area contributed by atoms with Crippen molar-refractivity contribution >= 4 is 33.9 Å². The van der Waals surface area contributed by atoms with E-state index in [0.29, 0.717) is 28.8 Å². The fourth-order valence-electron chi connectivity index (χ4n) is 3.13. The normalized spacial score (nSPS) is 12.2. The van der Waals surface area contributed by atoms with Gasteiger partial charge < -0.3 is 10.3 Å². The van der Waals surface area contributed by atoms with Crippen molar-refractivity contribution in [1.29, 1.82) is 0 Å². The number of imidazole rings is 1. The quantitative estimate of drug-likeness (QED) is 0.242. The third kappa shape index (κ3) is 4.55. The number of aryl methyl sites for hydroxylation is 1. The zero-order valence-corrected chi connectivity index (χ0v) is 16.8. The van der Waals surface area contributed by atoms with Crippen LogP contribution in [0.5, 0.6) is 0 Å². The highest BCUT2D eigenvalue weighted by atomic mass is 32.2. The summed E-state index contributed by atoms with van der Waals surface area (Å²) in [5.41, 5.74) is 1.95. The minimum absolute atomic E-state index is 0.209. The molecule has 1 aromatic carbocycles. The lowest BCUT2D eigenvalue weighted by molar-refractivity contribution is 0.545. The molecule has 0 saturated heterocycles. The van der Waals surface area contributed by atoms with Crippen molar-refractivity contribution in [3.63, 3.8) is 0 Å². The Bertz CT molecular complexity index is 1250. The van der Waals surface area contributed by atoms with Gasteiger partial charge in [-0.25, -0.2) is 37.6 Å². The molecular formula is C19H17F2N7O2S. The van der Waals surface area contributed by atoms with Gasteiger partial charge in [-0.05, 0) is 36.6 Å². The predicted octanol–water partition coefficient (Wildman–Crippen LogP) is 3.10. The molecule has 3 heterocycles. The summed E-state index contributed by atoms with van der Waals surface area (Å²) >= 11 is -2.13. The third-order valence-electron chi connectivity index (χ3n) is 4.55. The minimum Gasteiger partial charge on any atom is -0.341 e. The van der Waals surface area contributed by atoms with Crippen LogP contribution in [0, 0.1) is 11.6 Å². The maximum atomic E-state index is 15.0. The van der Waals surface area contributed by atoms with Crippen molar-refractivity contribution in [2.24, 2.45) is 0 Å². The fourth-order valence-corrected chi connectivity index (χ4v) is 3.44. The van der Waals surface area contributed by atoms with E-state index >= 15 is 4.39 Å². The SMILES string of the molecule is O=S(O)NCCCc1ccc(F)c(Nc2ncccc2-c2ncnc3nc[nH]c23)c1F. The number of hydrogen-bond donors (Lipinski definition) is 4. The van der Waals surface area contributed by atoms with E-state index in [-0.39, 0.29) is 30.0 Å². The number of nitrogens with one attached hydrogen (secondary N) is 3. The average Bonchev–Trinajstić information content (AvgIpc) is 3.25. The Hall–Kier alpha value is -3.35. The van der Waals surface area contributed by atoms with Crippen LogP contribution in [0.2, 0.25) is 0 Å². The molecule has 1 unspecified atom stereocenters. The number of aromatic amines is 1. The molecule has 4 aromatic rings.